The van der Waals surface area contributed by atoms with Crippen LogP contribution in [-0.2, 0) is 0 Å². The Balaban J connectivity index is 2.13. The van der Waals surface area contributed by atoms with Gasteiger partial charge < -0.3 is 9.84 Å². The van der Waals surface area contributed by atoms with Crippen LogP contribution in [-0.4, -0.2) is 32.8 Å². The fraction of sp³-hybridized carbons (Fsp3) is 0.182. The average Bonchev–Trinajstić information content (AvgIpc) is 2.80. The topological polar surface area (TPSA) is 100 Å². The number of amides is 1. The third kappa shape index (κ3) is 3.14. The molecule has 2 rings (SSSR count). The van der Waals surface area contributed by atoms with Crippen LogP contribution in [0.3, 0.4) is 0 Å². The summed E-state index contributed by atoms with van der Waals surface area (Å²) < 4.78 is 5.04. The standard InChI is InChI=1S/C11H11ClN4O3/c1-2-19-11-14-10(15-16-11)13-9(18)7-5-6(12)3-4-8(7)17/h3-5,17H,2H2,1H3,(H2,13,14,15,16,18). The molecule has 1 aromatic heterocycles. The predicted molar refractivity (Wildman–Crippen MR) is 68.6 cm³/mol. The van der Waals surface area contributed by atoms with Crippen molar-refractivity contribution in [3.63, 3.8) is 0 Å². The molecule has 0 atom stereocenters. The van der Waals surface area contributed by atoms with Crippen molar-refractivity contribution in [1.82, 2.24) is 15.2 Å². The van der Waals surface area contributed by atoms with Gasteiger partial charge >= 0.3 is 6.01 Å². The smallest absolute Gasteiger partial charge is 0.337 e. The number of hydrogen-bond donors (Lipinski definition) is 3. The molecule has 1 aromatic carbocycles. The number of hydrogen-bond acceptors (Lipinski definition) is 5. The van der Waals surface area contributed by atoms with Crippen molar-refractivity contribution in [2.75, 3.05) is 11.9 Å². The number of phenols is 1. The van der Waals surface area contributed by atoms with Gasteiger partial charge in [-0.2, -0.15) is 4.98 Å². The number of carbonyl (C=O) groups is 1. The molecule has 3 N–H and O–H groups in total. The van der Waals surface area contributed by atoms with Crippen molar-refractivity contribution < 1.29 is 14.6 Å². The lowest BCUT2D eigenvalue weighted by Gasteiger charge is -2.04. The maximum absolute atomic E-state index is 11.9. The molecule has 0 aliphatic rings. The summed E-state index contributed by atoms with van der Waals surface area (Å²) in [4.78, 5) is 15.8. The van der Waals surface area contributed by atoms with E-state index < -0.39 is 5.91 Å². The molecule has 0 fully saturated rings. The summed E-state index contributed by atoms with van der Waals surface area (Å²) in [6, 6.07) is 4.30. The van der Waals surface area contributed by atoms with Gasteiger partial charge in [-0.3, -0.25) is 10.1 Å². The molecule has 2 aromatic rings. The molecule has 0 saturated heterocycles. The molecule has 1 amide bonds. The zero-order chi connectivity index (χ0) is 13.8. The first-order valence-corrected chi connectivity index (χ1v) is 5.83. The van der Waals surface area contributed by atoms with E-state index in [-0.39, 0.29) is 23.3 Å². The van der Waals surface area contributed by atoms with E-state index in [1.54, 1.807) is 6.92 Å². The van der Waals surface area contributed by atoms with Crippen LogP contribution in [0.25, 0.3) is 0 Å². The number of rotatable bonds is 4. The molecule has 8 heteroatoms. The second-order valence-corrected chi connectivity index (χ2v) is 3.95. The second-order valence-electron chi connectivity index (χ2n) is 3.52. The molecule has 0 saturated carbocycles. The molecular formula is C11H11ClN4O3. The van der Waals surface area contributed by atoms with Crippen molar-refractivity contribution in [2.24, 2.45) is 0 Å². The highest BCUT2D eigenvalue weighted by molar-refractivity contribution is 6.31. The average molecular weight is 283 g/mol. The van der Waals surface area contributed by atoms with Gasteiger partial charge in [0.2, 0.25) is 5.95 Å². The molecule has 100 valence electrons. The number of halogens is 1. The summed E-state index contributed by atoms with van der Waals surface area (Å²) in [6.45, 7) is 2.21. The number of phenolic OH excluding ortho intramolecular Hbond substituents is 1. The third-order valence-corrected chi connectivity index (χ3v) is 2.41. The molecule has 7 nitrogen and oxygen atoms in total. The number of H-pyrrole nitrogens is 1. The van der Waals surface area contributed by atoms with Gasteiger partial charge in [-0.05, 0) is 25.1 Å². The van der Waals surface area contributed by atoms with Crippen LogP contribution in [0.2, 0.25) is 5.02 Å². The van der Waals surface area contributed by atoms with Crippen LogP contribution < -0.4 is 10.1 Å². The van der Waals surface area contributed by atoms with E-state index in [1.807, 2.05) is 0 Å². The Morgan fingerprint density at radius 2 is 2.37 bits per heavy atom. The molecule has 0 aliphatic carbocycles. The maximum atomic E-state index is 11.9. The van der Waals surface area contributed by atoms with E-state index in [0.717, 1.165) is 0 Å². The van der Waals surface area contributed by atoms with Crippen LogP contribution in [0.4, 0.5) is 5.95 Å². The van der Waals surface area contributed by atoms with Gasteiger partial charge in [0, 0.05) is 5.02 Å². The molecule has 0 unspecified atom stereocenters. The molecule has 0 bridgehead atoms. The Bertz CT molecular complexity index is 599. The third-order valence-electron chi connectivity index (χ3n) is 2.17. The Morgan fingerprint density at radius 1 is 1.58 bits per heavy atom. The highest BCUT2D eigenvalue weighted by atomic mass is 35.5. The van der Waals surface area contributed by atoms with Crippen LogP contribution in [0.15, 0.2) is 18.2 Å². The summed E-state index contributed by atoms with van der Waals surface area (Å²) in [5, 5.41) is 18.6. The summed E-state index contributed by atoms with van der Waals surface area (Å²) in [5.41, 5.74) is 0.0434. The largest absolute Gasteiger partial charge is 0.507 e. The SMILES string of the molecule is CCOc1n[nH]c(NC(=O)c2cc(Cl)ccc2O)n1. The summed E-state index contributed by atoms with van der Waals surface area (Å²) in [5.74, 6) is -0.613. The van der Waals surface area contributed by atoms with Gasteiger partial charge in [-0.1, -0.05) is 11.6 Å². The normalized spacial score (nSPS) is 10.2. The van der Waals surface area contributed by atoms with Gasteiger partial charge in [0.05, 0.1) is 12.2 Å². The monoisotopic (exact) mass is 282 g/mol. The maximum Gasteiger partial charge on any atom is 0.337 e. The molecule has 0 spiro atoms. The Morgan fingerprint density at radius 3 is 3.11 bits per heavy atom. The number of benzene rings is 1. The van der Waals surface area contributed by atoms with Gasteiger partial charge in [0.25, 0.3) is 5.91 Å². The molecule has 0 aliphatic heterocycles. The molecule has 0 radical (unpaired) electrons. The van der Waals surface area contributed by atoms with Crippen LogP contribution in [0.5, 0.6) is 11.8 Å². The highest BCUT2D eigenvalue weighted by Gasteiger charge is 2.14. The van der Waals surface area contributed by atoms with Crippen molar-refractivity contribution in [2.45, 2.75) is 6.92 Å². The van der Waals surface area contributed by atoms with Gasteiger partial charge in [-0.15, -0.1) is 5.10 Å². The van der Waals surface area contributed by atoms with E-state index in [4.69, 9.17) is 16.3 Å². The minimum absolute atomic E-state index is 0.0434. The number of aromatic amines is 1. The first-order chi connectivity index (χ1) is 9.10. The van der Waals surface area contributed by atoms with Gasteiger partial charge in [0.1, 0.15) is 5.75 Å². The van der Waals surface area contributed by atoms with Crippen molar-refractivity contribution in [3.8, 4) is 11.8 Å². The lowest BCUT2D eigenvalue weighted by atomic mass is 10.2. The first-order valence-electron chi connectivity index (χ1n) is 5.45. The fourth-order valence-electron chi connectivity index (χ4n) is 1.36. The number of aromatic hydroxyl groups is 1. The quantitative estimate of drug-likeness (QED) is 0.794. The zero-order valence-electron chi connectivity index (χ0n) is 9.98. The van der Waals surface area contributed by atoms with Crippen LogP contribution >= 0.6 is 11.6 Å². The second kappa shape index (κ2) is 5.57. The van der Waals surface area contributed by atoms with E-state index >= 15 is 0 Å². The van der Waals surface area contributed by atoms with E-state index in [0.29, 0.717) is 11.6 Å². The number of nitrogens with one attached hydrogen (secondary N) is 2. The minimum Gasteiger partial charge on any atom is -0.507 e. The van der Waals surface area contributed by atoms with Crippen LogP contribution in [0.1, 0.15) is 17.3 Å². The summed E-state index contributed by atoms with van der Waals surface area (Å²) in [7, 11) is 0. The Hall–Kier alpha value is -2.28. The van der Waals surface area contributed by atoms with Gasteiger partial charge in [0.15, 0.2) is 0 Å². The lowest BCUT2D eigenvalue weighted by molar-refractivity contribution is 0.102. The van der Waals surface area contributed by atoms with E-state index in [9.17, 15) is 9.90 Å². The highest BCUT2D eigenvalue weighted by Crippen LogP contribution is 2.22. The van der Waals surface area contributed by atoms with Crippen molar-refractivity contribution >= 4 is 23.5 Å². The van der Waals surface area contributed by atoms with Crippen LogP contribution in [0, 0.1) is 0 Å². The zero-order valence-corrected chi connectivity index (χ0v) is 10.7. The van der Waals surface area contributed by atoms with Gasteiger partial charge in [-0.25, -0.2) is 5.10 Å². The Labute approximate surface area is 113 Å². The summed E-state index contributed by atoms with van der Waals surface area (Å²) >= 11 is 5.76. The number of anilines is 1. The number of ether oxygens (including phenoxy) is 1. The first kappa shape index (κ1) is 13.2. The van der Waals surface area contributed by atoms with E-state index in [1.165, 1.54) is 18.2 Å². The molecule has 19 heavy (non-hydrogen) atoms. The molecular weight excluding hydrogens is 272 g/mol. The van der Waals surface area contributed by atoms with Crippen molar-refractivity contribution in [1.29, 1.82) is 0 Å². The fourth-order valence-corrected chi connectivity index (χ4v) is 1.53. The van der Waals surface area contributed by atoms with E-state index in [2.05, 4.69) is 20.5 Å². The number of aromatic nitrogens is 3. The Kier molecular flexibility index (Phi) is 3.86. The van der Waals surface area contributed by atoms with Crippen molar-refractivity contribution in [3.05, 3.63) is 28.8 Å². The lowest BCUT2D eigenvalue weighted by Crippen LogP contribution is -2.13. The minimum atomic E-state index is -0.556. The number of nitrogens with zero attached hydrogens (tertiary/aromatic N) is 2. The molecule has 1 heterocycles. The predicted octanol–water partition coefficient (Wildman–Crippen LogP) is 1.81. The summed E-state index contributed by atoms with van der Waals surface area (Å²) in [6.07, 6.45) is 0. The number of carbonyl (C=O) groups excluding carboxylic acids is 1.